The van der Waals surface area contributed by atoms with Gasteiger partial charge in [0, 0.05) is 42.8 Å². The fraction of sp³-hybridized carbons (Fsp3) is 0.448. The maximum absolute atomic E-state index is 13.7. The summed E-state index contributed by atoms with van der Waals surface area (Å²) in [5, 5.41) is 14.1. The highest BCUT2D eigenvalue weighted by molar-refractivity contribution is 5.85. The minimum absolute atomic E-state index is 0.102. The number of aryl methyl sites for hydroxylation is 2. The maximum Gasteiger partial charge on any atom is 0.253 e. The number of tetrazole rings is 1. The van der Waals surface area contributed by atoms with Gasteiger partial charge in [0.2, 0.25) is 0 Å². The van der Waals surface area contributed by atoms with Gasteiger partial charge in [0.15, 0.2) is 5.82 Å². The first-order chi connectivity index (χ1) is 18.5. The Kier molecular flexibility index (Phi) is 6.69. The Hall–Kier alpha value is -3.59. The topological polar surface area (TPSA) is 82.9 Å². The van der Waals surface area contributed by atoms with Crippen molar-refractivity contribution >= 4 is 16.6 Å². The number of hydrogen-bond donors (Lipinski definition) is 1. The number of hydrogen-bond acceptors (Lipinski definition) is 6. The number of nitrogens with zero attached hydrogens (tertiary/aromatic N) is 6. The number of benzene rings is 2. The van der Waals surface area contributed by atoms with Crippen molar-refractivity contribution in [2.75, 3.05) is 31.1 Å². The van der Waals surface area contributed by atoms with Crippen molar-refractivity contribution in [3.63, 3.8) is 0 Å². The lowest BCUT2D eigenvalue weighted by molar-refractivity contribution is 0.192. The Morgan fingerprint density at radius 1 is 0.947 bits per heavy atom. The Morgan fingerprint density at radius 3 is 2.39 bits per heavy atom. The molecule has 0 amide bonds. The van der Waals surface area contributed by atoms with Crippen LogP contribution in [0.2, 0.25) is 0 Å². The molecule has 0 spiro atoms. The number of rotatable bonds is 5. The molecule has 1 N–H and O–H groups in total. The first-order valence-electron chi connectivity index (χ1n) is 13.6. The van der Waals surface area contributed by atoms with Gasteiger partial charge in [-0.2, -0.15) is 0 Å². The van der Waals surface area contributed by atoms with Crippen molar-refractivity contribution in [1.29, 1.82) is 0 Å². The van der Waals surface area contributed by atoms with E-state index in [1.165, 1.54) is 31.4 Å². The zero-order valence-electron chi connectivity index (χ0n) is 22.0. The normalized spacial score (nSPS) is 18.2. The molecular formula is C29H34FN7O. The van der Waals surface area contributed by atoms with Gasteiger partial charge in [-0.1, -0.05) is 31.4 Å². The summed E-state index contributed by atoms with van der Waals surface area (Å²) in [6.45, 7) is 7.07. The van der Waals surface area contributed by atoms with Crippen LogP contribution in [0.1, 0.15) is 66.7 Å². The monoisotopic (exact) mass is 515 g/mol. The Balaban J connectivity index is 1.40. The third kappa shape index (κ3) is 4.60. The van der Waals surface area contributed by atoms with Crippen LogP contribution in [-0.2, 0) is 0 Å². The van der Waals surface area contributed by atoms with Crippen molar-refractivity contribution in [2.24, 2.45) is 0 Å². The number of aromatic amines is 1. The standard InChI is InChI=1S/C29H34FN7O/c1-19-8-9-20(2)26-24(19)18-25(29(38)31-26)27(28-32-33-34-37(28)23-6-4-3-5-7-23)36-16-14-35(15-17-36)22-12-10-21(30)11-13-22/h8-13,18,23,27H,3-7,14-17H2,1-2H3,(H,31,38)/t27-/m1/s1. The average molecular weight is 516 g/mol. The molecule has 2 aromatic heterocycles. The molecule has 38 heavy (non-hydrogen) atoms. The van der Waals surface area contributed by atoms with E-state index >= 15 is 0 Å². The lowest BCUT2D eigenvalue weighted by Gasteiger charge is -2.40. The van der Waals surface area contributed by atoms with Gasteiger partial charge in [0.05, 0.1) is 11.6 Å². The molecule has 0 radical (unpaired) electrons. The third-order valence-corrected chi connectivity index (χ3v) is 8.32. The molecule has 4 aromatic rings. The summed E-state index contributed by atoms with van der Waals surface area (Å²) >= 11 is 0. The van der Waals surface area contributed by atoms with Gasteiger partial charge in [-0.25, -0.2) is 9.07 Å². The molecule has 198 valence electrons. The fourth-order valence-corrected chi connectivity index (χ4v) is 6.15. The van der Waals surface area contributed by atoms with Crippen molar-refractivity contribution in [2.45, 2.75) is 58.0 Å². The highest BCUT2D eigenvalue weighted by Gasteiger charge is 2.34. The van der Waals surface area contributed by atoms with E-state index in [2.05, 4.69) is 43.3 Å². The quantitative estimate of drug-likeness (QED) is 0.415. The number of H-pyrrole nitrogens is 1. The summed E-state index contributed by atoms with van der Waals surface area (Å²) in [5.41, 5.74) is 4.62. The summed E-state index contributed by atoms with van der Waals surface area (Å²) in [6.07, 6.45) is 5.68. The van der Waals surface area contributed by atoms with E-state index in [-0.39, 0.29) is 23.5 Å². The van der Waals surface area contributed by atoms with Crippen LogP contribution < -0.4 is 10.5 Å². The zero-order chi connectivity index (χ0) is 26.2. The van der Waals surface area contributed by atoms with Gasteiger partial charge >= 0.3 is 0 Å². The first-order valence-corrected chi connectivity index (χ1v) is 13.6. The van der Waals surface area contributed by atoms with Crippen LogP contribution in [0.25, 0.3) is 10.9 Å². The summed E-state index contributed by atoms with van der Waals surface area (Å²) in [6, 6.07) is 12.7. The fourth-order valence-electron chi connectivity index (χ4n) is 6.15. The van der Waals surface area contributed by atoms with E-state index in [0.717, 1.165) is 72.6 Å². The molecule has 6 rings (SSSR count). The van der Waals surface area contributed by atoms with E-state index in [1.54, 1.807) is 0 Å². The van der Waals surface area contributed by atoms with Crippen molar-refractivity contribution < 1.29 is 4.39 Å². The van der Waals surface area contributed by atoms with E-state index in [0.29, 0.717) is 5.56 Å². The van der Waals surface area contributed by atoms with Crippen LogP contribution >= 0.6 is 0 Å². The van der Waals surface area contributed by atoms with Gasteiger partial charge in [-0.05, 0) is 78.6 Å². The van der Waals surface area contributed by atoms with Crippen LogP contribution in [0.5, 0.6) is 0 Å². The molecular weight excluding hydrogens is 481 g/mol. The number of pyridine rings is 1. The summed E-state index contributed by atoms with van der Waals surface area (Å²) in [5.74, 6) is 0.505. The zero-order valence-corrected chi connectivity index (χ0v) is 22.0. The molecule has 2 fully saturated rings. The van der Waals surface area contributed by atoms with Crippen LogP contribution in [0.4, 0.5) is 10.1 Å². The highest BCUT2D eigenvalue weighted by atomic mass is 19.1. The number of halogens is 1. The second-order valence-corrected chi connectivity index (χ2v) is 10.7. The van der Waals surface area contributed by atoms with Gasteiger partial charge in [0.25, 0.3) is 5.56 Å². The predicted molar refractivity (Wildman–Crippen MR) is 146 cm³/mol. The van der Waals surface area contributed by atoms with Crippen molar-refractivity contribution in [3.8, 4) is 0 Å². The lowest BCUT2D eigenvalue weighted by Crippen LogP contribution is -2.49. The molecule has 1 aliphatic heterocycles. The minimum Gasteiger partial charge on any atom is -0.369 e. The van der Waals surface area contributed by atoms with Gasteiger partial charge in [0.1, 0.15) is 11.9 Å². The lowest BCUT2D eigenvalue weighted by atomic mass is 9.94. The van der Waals surface area contributed by atoms with E-state index in [1.807, 2.05) is 35.9 Å². The number of nitrogens with one attached hydrogen (secondary N) is 1. The number of aromatic nitrogens is 5. The predicted octanol–water partition coefficient (Wildman–Crippen LogP) is 4.69. The van der Waals surface area contributed by atoms with Crippen LogP contribution in [-0.4, -0.2) is 56.3 Å². The average Bonchev–Trinajstić information content (AvgIpc) is 3.42. The molecule has 0 bridgehead atoms. The molecule has 1 saturated carbocycles. The molecule has 2 aliphatic rings. The Morgan fingerprint density at radius 2 is 1.66 bits per heavy atom. The van der Waals surface area contributed by atoms with Gasteiger partial charge in [-0.3, -0.25) is 9.69 Å². The molecule has 8 nitrogen and oxygen atoms in total. The van der Waals surface area contributed by atoms with Crippen LogP contribution in [0.3, 0.4) is 0 Å². The summed E-state index contributed by atoms with van der Waals surface area (Å²) < 4.78 is 15.5. The highest BCUT2D eigenvalue weighted by Crippen LogP contribution is 2.34. The molecule has 2 aromatic carbocycles. The molecule has 1 saturated heterocycles. The van der Waals surface area contributed by atoms with E-state index < -0.39 is 0 Å². The second kappa shape index (κ2) is 10.3. The number of fused-ring (bicyclic) bond motifs is 1. The maximum atomic E-state index is 13.7. The SMILES string of the molecule is Cc1ccc(C)c2[nH]c(=O)c([C@H](c3nnnn3C3CCCCC3)N3CCN(c4ccc(F)cc4)CC3)cc12. The largest absolute Gasteiger partial charge is 0.369 e. The number of anilines is 1. The summed E-state index contributed by atoms with van der Waals surface area (Å²) in [4.78, 5) is 21.4. The molecule has 9 heteroatoms. The van der Waals surface area contributed by atoms with E-state index in [9.17, 15) is 9.18 Å². The van der Waals surface area contributed by atoms with Gasteiger partial charge < -0.3 is 9.88 Å². The first kappa shape index (κ1) is 24.7. The molecule has 1 aliphatic carbocycles. The molecule has 0 unspecified atom stereocenters. The summed E-state index contributed by atoms with van der Waals surface area (Å²) in [7, 11) is 0. The van der Waals surface area contributed by atoms with Crippen molar-refractivity contribution in [1.82, 2.24) is 30.1 Å². The smallest absolute Gasteiger partial charge is 0.253 e. The minimum atomic E-state index is -0.365. The number of piperazine rings is 1. The third-order valence-electron chi connectivity index (χ3n) is 8.32. The Labute approximate surface area is 221 Å². The molecule has 1 atom stereocenters. The van der Waals surface area contributed by atoms with Crippen LogP contribution in [0, 0.1) is 19.7 Å². The van der Waals surface area contributed by atoms with Crippen LogP contribution in [0.15, 0.2) is 47.3 Å². The van der Waals surface area contributed by atoms with Crippen molar-refractivity contribution in [3.05, 3.63) is 81.2 Å². The second-order valence-electron chi connectivity index (χ2n) is 10.7. The Bertz CT molecular complexity index is 1480. The van der Waals surface area contributed by atoms with E-state index in [4.69, 9.17) is 0 Å². The molecule has 3 heterocycles. The van der Waals surface area contributed by atoms with Gasteiger partial charge in [-0.15, -0.1) is 5.10 Å².